The minimum atomic E-state index is -3.85. The Balaban J connectivity index is 2.19. The summed E-state index contributed by atoms with van der Waals surface area (Å²) in [5.41, 5.74) is 0. The van der Waals surface area contributed by atoms with E-state index in [1.54, 1.807) is 0 Å². The molecular formula is C11H13Cl2NO3S. The maximum Gasteiger partial charge on any atom is 0.313 e. The van der Waals surface area contributed by atoms with Crippen LogP contribution in [0.25, 0.3) is 0 Å². The molecule has 1 saturated heterocycles. The topological polar surface area (TPSA) is 46.6 Å². The molecule has 0 aromatic heterocycles. The number of piperidine rings is 1. The van der Waals surface area contributed by atoms with Crippen LogP contribution < -0.4 is 0 Å². The van der Waals surface area contributed by atoms with Gasteiger partial charge >= 0.3 is 10.1 Å². The lowest BCUT2D eigenvalue weighted by Crippen LogP contribution is -2.32. The summed E-state index contributed by atoms with van der Waals surface area (Å²) in [6.07, 6.45) is 2.97. The van der Waals surface area contributed by atoms with E-state index in [0.717, 1.165) is 19.3 Å². The summed E-state index contributed by atoms with van der Waals surface area (Å²) < 4.78 is 29.1. The van der Waals surface area contributed by atoms with Crippen LogP contribution in [0.1, 0.15) is 19.3 Å². The molecule has 2 rings (SSSR count). The van der Waals surface area contributed by atoms with Crippen LogP contribution in [0.4, 0.5) is 0 Å². The van der Waals surface area contributed by atoms with Crippen molar-refractivity contribution in [2.45, 2.75) is 24.2 Å². The molecule has 1 aliphatic heterocycles. The van der Waals surface area contributed by atoms with Crippen molar-refractivity contribution in [1.82, 2.24) is 5.06 Å². The molecule has 1 aromatic carbocycles. The number of hydroxylamine groups is 2. The average Bonchev–Trinajstić information content (AvgIpc) is 2.28. The summed E-state index contributed by atoms with van der Waals surface area (Å²) in [6, 6.07) is 4.13. The van der Waals surface area contributed by atoms with Crippen LogP contribution in [0.2, 0.25) is 10.0 Å². The second kappa shape index (κ2) is 5.75. The minimum Gasteiger partial charge on any atom is -0.192 e. The molecule has 0 radical (unpaired) electrons. The first kappa shape index (κ1) is 14.1. The predicted molar refractivity (Wildman–Crippen MR) is 70.2 cm³/mol. The fourth-order valence-electron chi connectivity index (χ4n) is 1.79. The molecule has 4 nitrogen and oxygen atoms in total. The highest BCUT2D eigenvalue weighted by atomic mass is 35.5. The quantitative estimate of drug-likeness (QED) is 0.860. The number of halogens is 2. The average molecular weight is 310 g/mol. The maximum atomic E-state index is 12.0. The Labute approximate surface area is 117 Å². The zero-order valence-electron chi connectivity index (χ0n) is 9.60. The van der Waals surface area contributed by atoms with Crippen LogP contribution >= 0.6 is 23.2 Å². The molecule has 0 unspecified atom stereocenters. The molecule has 0 aliphatic carbocycles. The van der Waals surface area contributed by atoms with E-state index in [9.17, 15) is 8.42 Å². The van der Waals surface area contributed by atoms with Crippen molar-refractivity contribution >= 4 is 33.3 Å². The van der Waals surface area contributed by atoms with Crippen molar-refractivity contribution in [3.05, 3.63) is 28.2 Å². The third kappa shape index (κ3) is 3.59. The third-order valence-electron chi connectivity index (χ3n) is 2.64. The lowest BCUT2D eigenvalue weighted by molar-refractivity contribution is -0.0654. The molecule has 1 heterocycles. The van der Waals surface area contributed by atoms with Crippen molar-refractivity contribution in [3.8, 4) is 0 Å². The van der Waals surface area contributed by atoms with Crippen molar-refractivity contribution in [3.63, 3.8) is 0 Å². The smallest absolute Gasteiger partial charge is 0.192 e. The lowest BCUT2D eigenvalue weighted by atomic mass is 10.2. The van der Waals surface area contributed by atoms with Gasteiger partial charge < -0.3 is 0 Å². The van der Waals surface area contributed by atoms with Crippen LogP contribution in [0.5, 0.6) is 0 Å². The van der Waals surface area contributed by atoms with E-state index in [4.69, 9.17) is 27.5 Å². The van der Waals surface area contributed by atoms with E-state index in [2.05, 4.69) is 0 Å². The molecule has 0 N–H and O–H groups in total. The van der Waals surface area contributed by atoms with Gasteiger partial charge in [0.05, 0.1) is 4.90 Å². The summed E-state index contributed by atoms with van der Waals surface area (Å²) in [4.78, 5) is -0.0226. The van der Waals surface area contributed by atoms with Gasteiger partial charge in [-0.3, -0.25) is 0 Å². The van der Waals surface area contributed by atoms with Crippen LogP contribution in [0.15, 0.2) is 23.1 Å². The molecule has 18 heavy (non-hydrogen) atoms. The van der Waals surface area contributed by atoms with E-state index < -0.39 is 10.1 Å². The Morgan fingerprint density at radius 2 is 1.56 bits per heavy atom. The van der Waals surface area contributed by atoms with Crippen LogP contribution in [-0.2, 0) is 14.4 Å². The van der Waals surface area contributed by atoms with E-state index in [1.807, 2.05) is 0 Å². The molecule has 0 spiro atoms. The highest BCUT2D eigenvalue weighted by Crippen LogP contribution is 2.24. The number of hydrogen-bond acceptors (Lipinski definition) is 4. The van der Waals surface area contributed by atoms with Gasteiger partial charge in [0, 0.05) is 23.1 Å². The molecule has 7 heteroatoms. The Bertz CT molecular complexity index is 507. The van der Waals surface area contributed by atoms with Gasteiger partial charge in [0.2, 0.25) is 0 Å². The number of nitrogens with zero attached hydrogens (tertiary/aromatic N) is 1. The zero-order chi connectivity index (χ0) is 13.2. The molecule has 0 bridgehead atoms. The van der Waals surface area contributed by atoms with Crippen molar-refractivity contribution in [2.75, 3.05) is 13.1 Å². The summed E-state index contributed by atoms with van der Waals surface area (Å²) in [5, 5.41) is 2.00. The summed E-state index contributed by atoms with van der Waals surface area (Å²) >= 11 is 11.6. The van der Waals surface area contributed by atoms with Gasteiger partial charge in [-0.05, 0) is 31.0 Å². The molecular weight excluding hydrogens is 297 g/mol. The first-order chi connectivity index (χ1) is 8.47. The summed E-state index contributed by atoms with van der Waals surface area (Å²) in [6.45, 7) is 1.24. The van der Waals surface area contributed by atoms with E-state index in [-0.39, 0.29) is 14.9 Å². The van der Waals surface area contributed by atoms with Crippen molar-refractivity contribution in [2.24, 2.45) is 0 Å². The Morgan fingerprint density at radius 3 is 2.11 bits per heavy atom. The molecule has 0 atom stereocenters. The van der Waals surface area contributed by atoms with Gasteiger partial charge in [-0.2, -0.15) is 17.8 Å². The fourth-order valence-corrected chi connectivity index (χ4v) is 3.50. The summed E-state index contributed by atoms with van der Waals surface area (Å²) in [5.74, 6) is 0. The standard InChI is InChI=1S/C11H13Cl2NO3S/c12-9-6-10(13)8-11(7-9)18(15,16)17-14-4-2-1-3-5-14/h6-8H,1-5H2. The minimum absolute atomic E-state index is 0.0226. The highest BCUT2D eigenvalue weighted by molar-refractivity contribution is 7.86. The van der Waals surface area contributed by atoms with Gasteiger partial charge in [0.1, 0.15) is 0 Å². The Hall–Kier alpha value is -0.330. The lowest BCUT2D eigenvalue weighted by Gasteiger charge is -2.24. The fraction of sp³-hybridized carbons (Fsp3) is 0.455. The normalized spacial score (nSPS) is 17.9. The molecule has 100 valence electrons. The molecule has 1 aliphatic rings. The van der Waals surface area contributed by atoms with Crippen LogP contribution in [-0.4, -0.2) is 26.6 Å². The van der Waals surface area contributed by atoms with Crippen LogP contribution in [0, 0.1) is 0 Å². The van der Waals surface area contributed by atoms with Crippen molar-refractivity contribution in [1.29, 1.82) is 0 Å². The largest absolute Gasteiger partial charge is 0.313 e. The SMILES string of the molecule is O=S(=O)(ON1CCCCC1)c1cc(Cl)cc(Cl)c1. The molecule has 1 fully saturated rings. The zero-order valence-corrected chi connectivity index (χ0v) is 11.9. The first-order valence-corrected chi connectivity index (χ1v) is 7.79. The second-order valence-corrected chi connectivity index (χ2v) is 6.53. The van der Waals surface area contributed by atoms with Crippen molar-refractivity contribution < 1.29 is 12.7 Å². The van der Waals surface area contributed by atoms with Gasteiger partial charge in [-0.15, -0.1) is 0 Å². The number of benzene rings is 1. The monoisotopic (exact) mass is 309 g/mol. The van der Waals surface area contributed by atoms with Gasteiger partial charge in [0.15, 0.2) is 0 Å². The van der Waals surface area contributed by atoms with Gasteiger partial charge in [-0.25, -0.2) is 0 Å². The van der Waals surface area contributed by atoms with E-state index in [1.165, 1.54) is 23.3 Å². The summed E-state index contributed by atoms with van der Waals surface area (Å²) in [7, 11) is -3.85. The Kier molecular flexibility index (Phi) is 4.50. The van der Waals surface area contributed by atoms with Crippen LogP contribution in [0.3, 0.4) is 0 Å². The van der Waals surface area contributed by atoms with E-state index >= 15 is 0 Å². The number of rotatable bonds is 3. The molecule has 0 saturated carbocycles. The molecule has 1 aromatic rings. The van der Waals surface area contributed by atoms with Gasteiger partial charge in [-0.1, -0.05) is 29.6 Å². The second-order valence-electron chi connectivity index (χ2n) is 4.12. The highest BCUT2D eigenvalue weighted by Gasteiger charge is 2.22. The van der Waals surface area contributed by atoms with E-state index in [0.29, 0.717) is 13.1 Å². The Morgan fingerprint density at radius 1 is 1.00 bits per heavy atom. The maximum absolute atomic E-state index is 12.0. The molecule has 0 amide bonds. The third-order valence-corrected chi connectivity index (χ3v) is 4.30. The first-order valence-electron chi connectivity index (χ1n) is 5.63. The number of hydrogen-bond donors (Lipinski definition) is 0. The predicted octanol–water partition coefficient (Wildman–Crippen LogP) is 3.10. The van der Waals surface area contributed by atoms with Gasteiger partial charge in [0.25, 0.3) is 0 Å².